The fourth-order valence-electron chi connectivity index (χ4n) is 1.52. The molecule has 1 aromatic carbocycles. The first-order valence-corrected chi connectivity index (χ1v) is 6.16. The molecular weight excluding hydrogens is 231 g/mol. The number of hydrogen-bond acceptors (Lipinski definition) is 2. The van der Waals surface area contributed by atoms with E-state index in [1.54, 1.807) is 24.1 Å². The number of amides is 1. The van der Waals surface area contributed by atoms with E-state index in [0.29, 0.717) is 0 Å². The van der Waals surface area contributed by atoms with Crippen LogP contribution < -0.4 is 5.32 Å². The summed E-state index contributed by atoms with van der Waals surface area (Å²) in [6, 6.07) is 6.52. The molecule has 4 heteroatoms. The summed E-state index contributed by atoms with van der Waals surface area (Å²) in [5.41, 5.74) is 0.969. The molecule has 0 bridgehead atoms. The van der Waals surface area contributed by atoms with Crippen LogP contribution in [0, 0.1) is 5.82 Å². The number of carbonyl (C=O) groups is 1. The van der Waals surface area contributed by atoms with Crippen LogP contribution in [0.15, 0.2) is 24.3 Å². The molecule has 100 valence electrons. The van der Waals surface area contributed by atoms with Crippen molar-refractivity contribution in [2.24, 2.45) is 0 Å². The van der Waals surface area contributed by atoms with Crippen molar-refractivity contribution in [2.45, 2.75) is 32.9 Å². The average molecular weight is 252 g/mol. The number of carbonyl (C=O) groups excluding carboxylic acids is 1. The first-order chi connectivity index (χ1) is 8.41. The third kappa shape index (κ3) is 4.11. The third-order valence-electron chi connectivity index (χ3n) is 3.10. The molecule has 0 unspecified atom stereocenters. The van der Waals surface area contributed by atoms with Gasteiger partial charge in [0.2, 0.25) is 5.91 Å². The molecular formula is C14H21FN2O. The molecule has 1 aromatic rings. The maximum atomic E-state index is 12.8. The number of nitrogens with one attached hydrogen (secondary N) is 1. The van der Waals surface area contributed by atoms with Crippen molar-refractivity contribution >= 4 is 5.91 Å². The molecule has 0 saturated heterocycles. The summed E-state index contributed by atoms with van der Waals surface area (Å²) in [6.45, 7) is 6.19. The van der Waals surface area contributed by atoms with Gasteiger partial charge < -0.3 is 10.2 Å². The lowest BCUT2D eigenvalue weighted by Crippen LogP contribution is -2.40. The topological polar surface area (TPSA) is 32.3 Å². The van der Waals surface area contributed by atoms with E-state index in [1.165, 1.54) is 12.1 Å². The van der Waals surface area contributed by atoms with E-state index >= 15 is 0 Å². The Bertz CT molecular complexity index is 389. The highest BCUT2D eigenvalue weighted by Gasteiger charge is 2.13. The van der Waals surface area contributed by atoms with Crippen LogP contribution in [0.5, 0.6) is 0 Å². The molecule has 1 N–H and O–H groups in total. The summed E-state index contributed by atoms with van der Waals surface area (Å²) in [6.07, 6.45) is 0. The molecule has 0 radical (unpaired) electrons. The van der Waals surface area contributed by atoms with Gasteiger partial charge >= 0.3 is 0 Å². The number of halogens is 1. The Morgan fingerprint density at radius 2 is 1.83 bits per heavy atom. The monoisotopic (exact) mass is 252 g/mol. The minimum atomic E-state index is -0.249. The van der Waals surface area contributed by atoms with Crippen LogP contribution in [0.4, 0.5) is 4.39 Å². The molecule has 3 nitrogen and oxygen atoms in total. The Kier molecular flexibility index (Phi) is 5.28. The second kappa shape index (κ2) is 6.50. The standard InChI is InChI=1S/C14H21FN2O/c1-10(2)17(4)14(18)9-16-11(3)12-5-7-13(15)8-6-12/h5-8,10-11,16H,9H2,1-4H3/t11-/m1/s1. The Balaban J connectivity index is 2.48. The van der Waals surface area contributed by atoms with Crippen LogP contribution in [-0.2, 0) is 4.79 Å². The van der Waals surface area contributed by atoms with Crippen LogP contribution in [-0.4, -0.2) is 30.4 Å². The van der Waals surface area contributed by atoms with E-state index in [9.17, 15) is 9.18 Å². The molecule has 18 heavy (non-hydrogen) atoms. The van der Waals surface area contributed by atoms with Crippen molar-refractivity contribution in [2.75, 3.05) is 13.6 Å². The van der Waals surface area contributed by atoms with E-state index in [-0.39, 0.29) is 30.4 Å². The van der Waals surface area contributed by atoms with Crippen molar-refractivity contribution in [3.63, 3.8) is 0 Å². The van der Waals surface area contributed by atoms with E-state index < -0.39 is 0 Å². The maximum Gasteiger partial charge on any atom is 0.236 e. The lowest BCUT2D eigenvalue weighted by molar-refractivity contribution is -0.130. The van der Waals surface area contributed by atoms with Crippen LogP contribution in [0.25, 0.3) is 0 Å². The summed E-state index contributed by atoms with van der Waals surface area (Å²) >= 11 is 0. The molecule has 0 fully saturated rings. The molecule has 0 saturated carbocycles. The average Bonchev–Trinajstić information content (AvgIpc) is 2.35. The molecule has 1 atom stereocenters. The van der Waals surface area contributed by atoms with E-state index in [1.807, 2.05) is 20.8 Å². The third-order valence-corrected chi connectivity index (χ3v) is 3.10. The van der Waals surface area contributed by atoms with Gasteiger partial charge in [-0.25, -0.2) is 4.39 Å². The van der Waals surface area contributed by atoms with Crippen LogP contribution in [0.1, 0.15) is 32.4 Å². The molecule has 0 spiro atoms. The molecule has 0 aliphatic carbocycles. The second-order valence-electron chi connectivity index (χ2n) is 4.75. The normalized spacial score (nSPS) is 12.6. The summed E-state index contributed by atoms with van der Waals surface area (Å²) in [4.78, 5) is 13.5. The van der Waals surface area contributed by atoms with Crippen molar-refractivity contribution in [3.8, 4) is 0 Å². The first kappa shape index (κ1) is 14.6. The van der Waals surface area contributed by atoms with E-state index in [0.717, 1.165) is 5.56 Å². The largest absolute Gasteiger partial charge is 0.342 e. The summed E-state index contributed by atoms with van der Waals surface area (Å²) in [7, 11) is 1.79. The zero-order chi connectivity index (χ0) is 13.7. The minimum absolute atomic E-state index is 0.0233. The van der Waals surface area contributed by atoms with Crippen molar-refractivity contribution in [1.29, 1.82) is 0 Å². The van der Waals surface area contributed by atoms with Gasteiger partial charge in [-0.3, -0.25) is 4.79 Å². The first-order valence-electron chi connectivity index (χ1n) is 6.16. The minimum Gasteiger partial charge on any atom is -0.342 e. The zero-order valence-electron chi connectivity index (χ0n) is 11.4. The summed E-state index contributed by atoms with van der Waals surface area (Å²) in [5, 5.41) is 3.14. The van der Waals surface area contributed by atoms with Gasteiger partial charge in [-0.05, 0) is 38.5 Å². The van der Waals surface area contributed by atoms with Crippen molar-refractivity contribution in [3.05, 3.63) is 35.6 Å². The second-order valence-corrected chi connectivity index (χ2v) is 4.75. The Hall–Kier alpha value is -1.42. The van der Waals surface area contributed by atoms with Gasteiger partial charge in [0.1, 0.15) is 5.82 Å². The van der Waals surface area contributed by atoms with Crippen LogP contribution >= 0.6 is 0 Å². The van der Waals surface area contributed by atoms with Crippen molar-refractivity contribution < 1.29 is 9.18 Å². The lowest BCUT2D eigenvalue weighted by atomic mass is 10.1. The smallest absolute Gasteiger partial charge is 0.236 e. The Morgan fingerprint density at radius 1 is 1.28 bits per heavy atom. The fraction of sp³-hybridized carbons (Fsp3) is 0.500. The Labute approximate surface area is 108 Å². The predicted octanol–water partition coefficient (Wildman–Crippen LogP) is 2.34. The maximum absolute atomic E-state index is 12.8. The number of nitrogens with zero attached hydrogens (tertiary/aromatic N) is 1. The predicted molar refractivity (Wildman–Crippen MR) is 70.7 cm³/mol. The van der Waals surface area contributed by atoms with Gasteiger partial charge in [0, 0.05) is 19.1 Å². The lowest BCUT2D eigenvalue weighted by Gasteiger charge is -2.23. The molecule has 0 aromatic heterocycles. The quantitative estimate of drug-likeness (QED) is 0.872. The van der Waals surface area contributed by atoms with E-state index in [2.05, 4.69) is 5.32 Å². The van der Waals surface area contributed by atoms with Gasteiger partial charge in [-0.2, -0.15) is 0 Å². The number of likely N-dealkylation sites (N-methyl/N-ethyl adjacent to an activating group) is 1. The highest BCUT2D eigenvalue weighted by Crippen LogP contribution is 2.12. The number of benzene rings is 1. The number of hydrogen-bond donors (Lipinski definition) is 1. The van der Waals surface area contributed by atoms with Gasteiger partial charge in [-0.1, -0.05) is 12.1 Å². The van der Waals surface area contributed by atoms with E-state index in [4.69, 9.17) is 0 Å². The molecule has 1 rings (SSSR count). The van der Waals surface area contributed by atoms with Crippen molar-refractivity contribution in [1.82, 2.24) is 10.2 Å². The summed E-state index contributed by atoms with van der Waals surface area (Å²) in [5.74, 6) is -0.194. The number of rotatable bonds is 5. The van der Waals surface area contributed by atoms with Gasteiger partial charge in [0.05, 0.1) is 6.54 Å². The molecule has 0 aliphatic rings. The van der Waals surface area contributed by atoms with Crippen LogP contribution in [0.2, 0.25) is 0 Å². The highest BCUT2D eigenvalue weighted by molar-refractivity contribution is 5.78. The van der Waals surface area contributed by atoms with Crippen LogP contribution in [0.3, 0.4) is 0 Å². The summed E-state index contributed by atoms with van der Waals surface area (Å²) < 4.78 is 12.8. The molecule has 0 heterocycles. The molecule has 0 aliphatic heterocycles. The van der Waals surface area contributed by atoms with Gasteiger partial charge in [0.25, 0.3) is 0 Å². The fourth-order valence-corrected chi connectivity index (χ4v) is 1.52. The Morgan fingerprint density at radius 3 is 2.33 bits per heavy atom. The molecule has 1 amide bonds. The zero-order valence-corrected chi connectivity index (χ0v) is 11.4. The van der Waals surface area contributed by atoms with Gasteiger partial charge in [0.15, 0.2) is 0 Å². The van der Waals surface area contributed by atoms with Gasteiger partial charge in [-0.15, -0.1) is 0 Å². The highest BCUT2D eigenvalue weighted by atomic mass is 19.1. The SMILES string of the molecule is CC(C)N(C)C(=O)CN[C@H](C)c1ccc(F)cc1.